The van der Waals surface area contributed by atoms with E-state index in [9.17, 15) is 4.79 Å². The van der Waals surface area contributed by atoms with Gasteiger partial charge in [-0.25, -0.2) is 4.98 Å². The highest BCUT2D eigenvalue weighted by molar-refractivity contribution is 5.87. The summed E-state index contributed by atoms with van der Waals surface area (Å²) in [5.41, 5.74) is 0. The number of hydrogen-bond donors (Lipinski definition) is 1. The number of carbonyl (C=O) groups excluding carboxylic acids is 1. The maximum Gasteiger partial charge on any atom is 0.222 e. The maximum atomic E-state index is 10.8. The van der Waals surface area contributed by atoms with Crippen LogP contribution < -0.4 is 10.1 Å². The highest BCUT2D eigenvalue weighted by atomic mass is 16.5. The van der Waals surface area contributed by atoms with Crippen LogP contribution in [0.25, 0.3) is 0 Å². The smallest absolute Gasteiger partial charge is 0.222 e. The van der Waals surface area contributed by atoms with Gasteiger partial charge in [0.25, 0.3) is 0 Å². The second kappa shape index (κ2) is 5.12. The van der Waals surface area contributed by atoms with Gasteiger partial charge in [-0.15, -0.1) is 0 Å². The van der Waals surface area contributed by atoms with Crippen LogP contribution >= 0.6 is 0 Å². The molecule has 0 aliphatic carbocycles. The van der Waals surface area contributed by atoms with Crippen LogP contribution in [0.2, 0.25) is 0 Å². The van der Waals surface area contributed by atoms with E-state index in [0.717, 1.165) is 5.75 Å². The summed E-state index contributed by atoms with van der Waals surface area (Å²) < 4.78 is 5.56. The first-order valence-corrected chi connectivity index (χ1v) is 5.20. The molecule has 4 nitrogen and oxygen atoms in total. The lowest BCUT2D eigenvalue weighted by atomic mass is 10.3. The number of nitrogens with zero attached hydrogens (tertiary/aromatic N) is 1. The number of anilines is 1. The molecule has 1 amide bonds. The second-order valence-electron chi connectivity index (χ2n) is 3.48. The van der Waals surface area contributed by atoms with Crippen molar-refractivity contribution < 1.29 is 9.53 Å². The molecule has 0 fully saturated rings. The highest BCUT2D eigenvalue weighted by Gasteiger charge is 1.99. The third-order valence-electron chi connectivity index (χ3n) is 2.02. The topological polar surface area (TPSA) is 51.2 Å². The van der Waals surface area contributed by atoms with Crippen molar-refractivity contribution in [1.82, 2.24) is 4.98 Å². The lowest BCUT2D eigenvalue weighted by Gasteiger charge is -2.05. The average Bonchev–Trinajstić information content (AvgIpc) is 2.32. The molecule has 1 N–H and O–H groups in total. The third-order valence-corrected chi connectivity index (χ3v) is 2.02. The highest BCUT2D eigenvalue weighted by Crippen LogP contribution is 2.20. The lowest BCUT2D eigenvalue weighted by Crippen LogP contribution is -2.06. The number of pyridine rings is 1. The van der Waals surface area contributed by atoms with Crippen molar-refractivity contribution in [3.05, 3.63) is 48.7 Å². The first-order chi connectivity index (χ1) is 8.24. The van der Waals surface area contributed by atoms with Gasteiger partial charge in [0.2, 0.25) is 5.91 Å². The third kappa shape index (κ3) is 3.31. The van der Waals surface area contributed by atoms with Crippen LogP contribution in [0.3, 0.4) is 0 Å². The predicted molar refractivity (Wildman–Crippen MR) is 65.1 cm³/mol. The van der Waals surface area contributed by atoms with Crippen molar-refractivity contribution in [1.29, 1.82) is 0 Å². The van der Waals surface area contributed by atoms with E-state index in [2.05, 4.69) is 10.3 Å². The summed E-state index contributed by atoms with van der Waals surface area (Å²) in [7, 11) is 0. The molecule has 17 heavy (non-hydrogen) atoms. The number of benzene rings is 1. The van der Waals surface area contributed by atoms with E-state index in [4.69, 9.17) is 4.74 Å². The number of rotatable bonds is 3. The summed E-state index contributed by atoms with van der Waals surface area (Å²) in [6, 6.07) is 12.9. The Hall–Kier alpha value is -2.36. The SMILES string of the molecule is CC(=O)Nc1ccc(Oc2ccccc2)cn1. The van der Waals surface area contributed by atoms with Gasteiger partial charge in [-0.1, -0.05) is 18.2 Å². The number of carbonyl (C=O) groups is 1. The van der Waals surface area contributed by atoms with Crippen LogP contribution in [-0.4, -0.2) is 10.9 Å². The van der Waals surface area contributed by atoms with Gasteiger partial charge in [0, 0.05) is 6.92 Å². The molecule has 2 rings (SSSR count). The molecule has 0 radical (unpaired) electrons. The van der Waals surface area contributed by atoms with Gasteiger partial charge in [0.05, 0.1) is 6.20 Å². The normalized spacial score (nSPS) is 9.71. The summed E-state index contributed by atoms with van der Waals surface area (Å²) >= 11 is 0. The van der Waals surface area contributed by atoms with Gasteiger partial charge in [-0.3, -0.25) is 4.79 Å². The summed E-state index contributed by atoms with van der Waals surface area (Å²) in [5, 5.41) is 2.59. The number of hydrogen-bond acceptors (Lipinski definition) is 3. The minimum Gasteiger partial charge on any atom is -0.456 e. The van der Waals surface area contributed by atoms with Crippen LogP contribution in [0.4, 0.5) is 5.82 Å². The van der Waals surface area contributed by atoms with E-state index in [1.807, 2.05) is 30.3 Å². The first kappa shape index (κ1) is 11.1. The monoisotopic (exact) mass is 228 g/mol. The zero-order valence-electron chi connectivity index (χ0n) is 9.38. The van der Waals surface area contributed by atoms with Crippen molar-refractivity contribution >= 4 is 11.7 Å². The average molecular weight is 228 g/mol. The lowest BCUT2D eigenvalue weighted by molar-refractivity contribution is -0.114. The van der Waals surface area contributed by atoms with E-state index in [0.29, 0.717) is 11.6 Å². The molecular weight excluding hydrogens is 216 g/mol. The molecule has 0 aliphatic heterocycles. The van der Waals surface area contributed by atoms with Crippen molar-refractivity contribution in [2.75, 3.05) is 5.32 Å². The number of amides is 1. The van der Waals surface area contributed by atoms with Gasteiger partial charge < -0.3 is 10.1 Å². The Morgan fingerprint density at radius 1 is 1.12 bits per heavy atom. The van der Waals surface area contributed by atoms with Crippen LogP contribution in [0.1, 0.15) is 6.92 Å². The van der Waals surface area contributed by atoms with Crippen molar-refractivity contribution in [2.24, 2.45) is 0 Å². The molecule has 0 saturated carbocycles. The Balaban J connectivity index is 2.06. The van der Waals surface area contributed by atoms with Gasteiger partial charge in [-0.2, -0.15) is 0 Å². The largest absolute Gasteiger partial charge is 0.456 e. The van der Waals surface area contributed by atoms with Gasteiger partial charge in [0.15, 0.2) is 0 Å². The maximum absolute atomic E-state index is 10.8. The molecule has 2 aromatic rings. The van der Waals surface area contributed by atoms with Gasteiger partial charge >= 0.3 is 0 Å². The minimum atomic E-state index is -0.144. The Bertz CT molecular complexity index is 495. The molecule has 0 spiro atoms. The van der Waals surface area contributed by atoms with E-state index in [1.54, 1.807) is 18.3 Å². The van der Waals surface area contributed by atoms with Gasteiger partial charge in [-0.05, 0) is 24.3 Å². The summed E-state index contributed by atoms with van der Waals surface area (Å²) in [6.07, 6.45) is 1.57. The molecule has 0 aliphatic rings. The Morgan fingerprint density at radius 2 is 1.88 bits per heavy atom. The molecule has 0 bridgehead atoms. The molecule has 1 heterocycles. The fourth-order valence-corrected chi connectivity index (χ4v) is 1.32. The zero-order chi connectivity index (χ0) is 12.1. The second-order valence-corrected chi connectivity index (χ2v) is 3.48. The standard InChI is InChI=1S/C13H12N2O2/c1-10(16)15-13-8-7-12(9-14-13)17-11-5-3-2-4-6-11/h2-9H,1H3,(H,14,15,16). The molecule has 86 valence electrons. The van der Waals surface area contributed by atoms with E-state index >= 15 is 0 Å². The predicted octanol–water partition coefficient (Wildman–Crippen LogP) is 2.83. The molecular formula is C13H12N2O2. The van der Waals surface area contributed by atoms with Gasteiger partial charge in [0.1, 0.15) is 17.3 Å². The van der Waals surface area contributed by atoms with Crippen molar-refractivity contribution in [3.8, 4) is 11.5 Å². The first-order valence-electron chi connectivity index (χ1n) is 5.20. The van der Waals surface area contributed by atoms with Crippen LogP contribution in [0.5, 0.6) is 11.5 Å². The quantitative estimate of drug-likeness (QED) is 0.878. The fourth-order valence-electron chi connectivity index (χ4n) is 1.32. The fraction of sp³-hybridized carbons (Fsp3) is 0.0769. The molecule has 0 saturated heterocycles. The van der Waals surface area contributed by atoms with E-state index in [1.165, 1.54) is 6.92 Å². The summed E-state index contributed by atoms with van der Waals surface area (Å²) in [6.45, 7) is 1.44. The summed E-state index contributed by atoms with van der Waals surface area (Å²) in [5.74, 6) is 1.75. The minimum absolute atomic E-state index is 0.144. The Kier molecular flexibility index (Phi) is 3.35. The Morgan fingerprint density at radius 3 is 2.47 bits per heavy atom. The molecule has 0 unspecified atom stereocenters. The van der Waals surface area contributed by atoms with Crippen LogP contribution in [-0.2, 0) is 4.79 Å². The van der Waals surface area contributed by atoms with Crippen LogP contribution in [0.15, 0.2) is 48.7 Å². The summed E-state index contributed by atoms with van der Waals surface area (Å²) in [4.78, 5) is 14.9. The van der Waals surface area contributed by atoms with Crippen molar-refractivity contribution in [3.63, 3.8) is 0 Å². The number of ether oxygens (including phenoxy) is 1. The number of para-hydroxylation sites is 1. The molecule has 4 heteroatoms. The van der Waals surface area contributed by atoms with E-state index < -0.39 is 0 Å². The molecule has 1 aromatic heterocycles. The zero-order valence-corrected chi connectivity index (χ0v) is 9.38. The molecule has 1 aromatic carbocycles. The van der Waals surface area contributed by atoms with Crippen molar-refractivity contribution in [2.45, 2.75) is 6.92 Å². The Labute approximate surface area is 99.3 Å². The number of aromatic nitrogens is 1. The van der Waals surface area contributed by atoms with E-state index in [-0.39, 0.29) is 5.91 Å². The number of nitrogens with one attached hydrogen (secondary N) is 1. The molecule has 0 atom stereocenters. The van der Waals surface area contributed by atoms with Crippen LogP contribution in [0, 0.1) is 0 Å².